The number of halogens is 1. The number of benzene rings is 1. The summed E-state index contributed by atoms with van der Waals surface area (Å²) in [6, 6.07) is 6.04. The van der Waals surface area contributed by atoms with E-state index in [-0.39, 0.29) is 11.4 Å². The van der Waals surface area contributed by atoms with Crippen molar-refractivity contribution in [2.75, 3.05) is 0 Å². The third kappa shape index (κ3) is 3.15. The Morgan fingerprint density at radius 1 is 1.26 bits per heavy atom. The van der Waals surface area contributed by atoms with Gasteiger partial charge in [-0.1, -0.05) is 11.6 Å². The molecule has 0 radical (unpaired) electrons. The summed E-state index contributed by atoms with van der Waals surface area (Å²) in [5, 5.41) is 7.34. The van der Waals surface area contributed by atoms with E-state index >= 15 is 0 Å². The molecule has 1 aromatic heterocycles. The fourth-order valence-corrected chi connectivity index (χ4v) is 2.82. The third-order valence-corrected chi connectivity index (χ3v) is 4.51. The van der Waals surface area contributed by atoms with Crippen LogP contribution in [-0.4, -0.2) is 18.6 Å². The maximum atomic E-state index is 12.1. The molecule has 0 saturated heterocycles. The van der Waals surface area contributed by atoms with Gasteiger partial charge in [-0.3, -0.25) is 5.10 Å². The molecule has 0 aliphatic carbocycles. The Balaban J connectivity index is 2.16. The van der Waals surface area contributed by atoms with Crippen molar-refractivity contribution < 1.29 is 8.42 Å². The number of hydrogen-bond donors (Lipinski definition) is 2. The van der Waals surface area contributed by atoms with Gasteiger partial charge in [0.15, 0.2) is 0 Å². The number of hydrogen-bond acceptors (Lipinski definition) is 3. The highest BCUT2D eigenvalue weighted by molar-refractivity contribution is 7.89. The Bertz CT molecular complexity index is 658. The maximum Gasteiger partial charge on any atom is 0.240 e. The standard InChI is InChI=1S/C12H14ClN3O2S/c1-8-12(9(2)16-15-8)7-14-19(17,18)11-5-3-10(13)4-6-11/h3-6,14H,7H2,1-2H3,(H,15,16). The summed E-state index contributed by atoms with van der Waals surface area (Å²) in [4.78, 5) is 0.190. The first-order valence-electron chi connectivity index (χ1n) is 5.66. The predicted octanol–water partition coefficient (Wildman–Crippen LogP) is 2.16. The van der Waals surface area contributed by atoms with Gasteiger partial charge in [0.1, 0.15) is 0 Å². The van der Waals surface area contributed by atoms with Crippen molar-refractivity contribution in [2.24, 2.45) is 0 Å². The van der Waals surface area contributed by atoms with Crippen molar-refractivity contribution in [1.29, 1.82) is 0 Å². The van der Waals surface area contributed by atoms with Crippen LogP contribution in [0.4, 0.5) is 0 Å². The zero-order valence-electron chi connectivity index (χ0n) is 10.6. The highest BCUT2D eigenvalue weighted by Gasteiger charge is 2.15. The number of nitrogens with one attached hydrogen (secondary N) is 2. The average molecular weight is 300 g/mol. The van der Waals surface area contributed by atoms with E-state index in [0.717, 1.165) is 17.0 Å². The van der Waals surface area contributed by atoms with Crippen LogP contribution < -0.4 is 4.72 Å². The smallest absolute Gasteiger partial charge is 0.240 e. The molecule has 0 aliphatic heterocycles. The van der Waals surface area contributed by atoms with Crippen molar-refractivity contribution in [3.63, 3.8) is 0 Å². The monoisotopic (exact) mass is 299 g/mol. The van der Waals surface area contributed by atoms with Gasteiger partial charge in [-0.15, -0.1) is 0 Å². The predicted molar refractivity (Wildman–Crippen MR) is 73.5 cm³/mol. The number of aromatic amines is 1. The lowest BCUT2D eigenvalue weighted by Crippen LogP contribution is -2.23. The first kappa shape index (κ1) is 14.0. The van der Waals surface area contributed by atoms with Crippen LogP contribution in [-0.2, 0) is 16.6 Å². The number of aryl methyl sites for hydroxylation is 2. The largest absolute Gasteiger partial charge is 0.282 e. The van der Waals surface area contributed by atoms with Gasteiger partial charge >= 0.3 is 0 Å². The molecule has 19 heavy (non-hydrogen) atoms. The van der Waals surface area contributed by atoms with Gasteiger partial charge in [0.05, 0.1) is 10.6 Å². The molecule has 1 heterocycles. The van der Waals surface area contributed by atoms with Gasteiger partial charge in [0.2, 0.25) is 10.0 Å². The van der Waals surface area contributed by atoms with Crippen LogP contribution >= 0.6 is 11.6 Å². The van der Waals surface area contributed by atoms with Gasteiger partial charge < -0.3 is 0 Å². The molecule has 2 aromatic rings. The van der Waals surface area contributed by atoms with Gasteiger partial charge in [-0.2, -0.15) is 5.10 Å². The average Bonchev–Trinajstić information content (AvgIpc) is 2.67. The molecule has 2 rings (SSSR count). The highest BCUT2D eigenvalue weighted by atomic mass is 35.5. The quantitative estimate of drug-likeness (QED) is 0.908. The minimum atomic E-state index is -3.54. The van der Waals surface area contributed by atoms with Crippen molar-refractivity contribution in [1.82, 2.24) is 14.9 Å². The van der Waals surface area contributed by atoms with Gasteiger partial charge in [-0.25, -0.2) is 13.1 Å². The lowest BCUT2D eigenvalue weighted by atomic mass is 10.2. The van der Waals surface area contributed by atoms with Crippen LogP contribution in [0.3, 0.4) is 0 Å². The Labute approximate surface area is 117 Å². The molecule has 2 N–H and O–H groups in total. The summed E-state index contributed by atoms with van der Waals surface area (Å²) in [5.74, 6) is 0. The van der Waals surface area contributed by atoms with Crippen molar-refractivity contribution in [2.45, 2.75) is 25.3 Å². The van der Waals surface area contributed by atoms with E-state index in [4.69, 9.17) is 11.6 Å². The number of sulfonamides is 1. The molecule has 102 valence electrons. The van der Waals surface area contributed by atoms with Gasteiger partial charge in [-0.05, 0) is 38.1 Å². The summed E-state index contributed by atoms with van der Waals surface area (Å²) in [5.41, 5.74) is 2.50. The Morgan fingerprint density at radius 3 is 2.42 bits per heavy atom. The summed E-state index contributed by atoms with van der Waals surface area (Å²) < 4.78 is 26.7. The van der Waals surface area contributed by atoms with Crippen LogP contribution in [0.25, 0.3) is 0 Å². The minimum absolute atomic E-state index is 0.190. The molecule has 0 atom stereocenters. The molecule has 0 spiro atoms. The topological polar surface area (TPSA) is 74.8 Å². The van der Waals surface area contributed by atoms with E-state index in [1.807, 2.05) is 13.8 Å². The molecular weight excluding hydrogens is 286 g/mol. The second kappa shape index (κ2) is 5.32. The van der Waals surface area contributed by atoms with Crippen molar-refractivity contribution in [3.8, 4) is 0 Å². The van der Waals surface area contributed by atoms with Gasteiger partial charge in [0.25, 0.3) is 0 Å². The first-order chi connectivity index (χ1) is 8.90. The molecule has 7 heteroatoms. The number of rotatable bonds is 4. The molecule has 0 aliphatic rings. The molecule has 1 aromatic carbocycles. The highest BCUT2D eigenvalue weighted by Crippen LogP contribution is 2.15. The van der Waals surface area contributed by atoms with E-state index in [1.165, 1.54) is 12.1 Å². The Morgan fingerprint density at radius 2 is 1.89 bits per heavy atom. The lowest BCUT2D eigenvalue weighted by molar-refractivity contribution is 0.581. The fraction of sp³-hybridized carbons (Fsp3) is 0.250. The Hall–Kier alpha value is -1.37. The minimum Gasteiger partial charge on any atom is -0.282 e. The SMILES string of the molecule is Cc1n[nH]c(C)c1CNS(=O)(=O)c1ccc(Cl)cc1. The number of nitrogens with zero attached hydrogens (tertiary/aromatic N) is 1. The van der Waals surface area contributed by atoms with E-state index in [0.29, 0.717) is 5.02 Å². The Kier molecular flexibility index (Phi) is 3.93. The third-order valence-electron chi connectivity index (χ3n) is 2.84. The van der Waals surface area contributed by atoms with Crippen LogP contribution in [0, 0.1) is 13.8 Å². The zero-order valence-corrected chi connectivity index (χ0v) is 12.1. The molecule has 0 amide bonds. The molecular formula is C12H14ClN3O2S. The van der Waals surface area contributed by atoms with E-state index in [9.17, 15) is 8.42 Å². The van der Waals surface area contributed by atoms with Crippen LogP contribution in [0.2, 0.25) is 5.02 Å². The van der Waals surface area contributed by atoms with Crippen molar-refractivity contribution in [3.05, 3.63) is 46.2 Å². The zero-order chi connectivity index (χ0) is 14.0. The summed E-state index contributed by atoms with van der Waals surface area (Å²) in [6.45, 7) is 3.89. The number of H-pyrrole nitrogens is 1. The first-order valence-corrected chi connectivity index (χ1v) is 7.52. The van der Waals surface area contributed by atoms with Gasteiger partial charge in [0, 0.05) is 22.8 Å². The fourth-order valence-electron chi connectivity index (χ4n) is 1.70. The molecule has 0 unspecified atom stereocenters. The van der Waals surface area contributed by atoms with E-state index in [2.05, 4.69) is 14.9 Å². The molecule has 5 nitrogen and oxygen atoms in total. The second-order valence-corrected chi connectivity index (χ2v) is 6.39. The summed E-state index contributed by atoms with van der Waals surface area (Å²) >= 11 is 5.73. The second-order valence-electron chi connectivity index (χ2n) is 4.19. The maximum absolute atomic E-state index is 12.1. The van der Waals surface area contributed by atoms with Crippen molar-refractivity contribution >= 4 is 21.6 Å². The van der Waals surface area contributed by atoms with Crippen LogP contribution in [0.5, 0.6) is 0 Å². The summed E-state index contributed by atoms with van der Waals surface area (Å²) in [7, 11) is -3.54. The molecule has 0 saturated carbocycles. The van der Waals surface area contributed by atoms with Crippen LogP contribution in [0.15, 0.2) is 29.2 Å². The normalized spacial score (nSPS) is 11.7. The molecule has 0 fully saturated rings. The lowest BCUT2D eigenvalue weighted by Gasteiger charge is -2.07. The molecule has 0 bridgehead atoms. The summed E-state index contributed by atoms with van der Waals surface area (Å²) in [6.07, 6.45) is 0. The van der Waals surface area contributed by atoms with Crippen LogP contribution in [0.1, 0.15) is 17.0 Å². The number of aromatic nitrogens is 2. The van der Waals surface area contributed by atoms with E-state index < -0.39 is 10.0 Å². The van der Waals surface area contributed by atoms with E-state index in [1.54, 1.807) is 12.1 Å².